The maximum Gasteiger partial charge on any atom is 0.336 e. The van der Waals surface area contributed by atoms with Gasteiger partial charge in [0, 0.05) is 28.3 Å². The van der Waals surface area contributed by atoms with Crippen molar-refractivity contribution in [3.63, 3.8) is 0 Å². The average Bonchev–Trinajstić information content (AvgIpc) is 2.94. The lowest BCUT2D eigenvalue weighted by Crippen LogP contribution is -2.43. The number of nitrogens with one attached hydrogen (secondary N) is 1. The summed E-state index contributed by atoms with van der Waals surface area (Å²) in [7, 11) is 1.29. The number of carbonyl (C=O) groups is 3. The summed E-state index contributed by atoms with van der Waals surface area (Å²) in [5, 5.41) is 3.31. The van der Waals surface area contributed by atoms with E-state index in [1.807, 2.05) is 75.4 Å². The number of rotatable bonds is 10. The van der Waals surface area contributed by atoms with Crippen molar-refractivity contribution in [3.8, 4) is 5.75 Å². The number of hydrogen-bond donors (Lipinski definition) is 1. The molecule has 1 aliphatic carbocycles. The van der Waals surface area contributed by atoms with Crippen LogP contribution in [0.5, 0.6) is 5.75 Å². The van der Waals surface area contributed by atoms with Crippen LogP contribution in [-0.4, -0.2) is 42.9 Å². The Labute approximate surface area is 234 Å². The third-order valence-electron chi connectivity index (χ3n) is 7.10. The number of para-hydroxylation sites is 1. The summed E-state index contributed by atoms with van der Waals surface area (Å²) >= 11 is 1.68. The summed E-state index contributed by atoms with van der Waals surface area (Å²) in [6, 6.07) is 17.2. The zero-order chi connectivity index (χ0) is 27.9. The topological polar surface area (TPSA) is 90.9 Å². The fraction of sp³-hybridized carbons (Fsp3) is 0.387. The summed E-state index contributed by atoms with van der Waals surface area (Å²) in [6.45, 7) is 6.32. The van der Waals surface area contributed by atoms with Crippen LogP contribution in [0.25, 0.3) is 0 Å². The van der Waals surface area contributed by atoms with Crippen molar-refractivity contribution in [3.05, 3.63) is 88.3 Å². The van der Waals surface area contributed by atoms with Gasteiger partial charge in [0.25, 0.3) is 0 Å². The molecule has 0 saturated carbocycles. The normalized spacial score (nSPS) is 20.7. The standard InChI is InChI=1S/C31H35NO6S/c1-5-39-16-15-37-31(35)26-20(3)32-23-17-19(2)25(30(34)36-4)29(33)28(23)27(26)22-13-9-10-14-24(22)38-18-21-11-7-6-8-12-21/h6-14,19,25,27,32H,5,15-18H2,1-4H3/t19-,25-,27+/m0/s1. The summed E-state index contributed by atoms with van der Waals surface area (Å²) in [4.78, 5) is 40.3. The van der Waals surface area contributed by atoms with Gasteiger partial charge >= 0.3 is 11.9 Å². The molecule has 0 aromatic heterocycles. The van der Waals surface area contributed by atoms with E-state index in [-0.39, 0.29) is 18.3 Å². The molecular weight excluding hydrogens is 514 g/mol. The molecule has 2 aromatic carbocycles. The van der Waals surface area contributed by atoms with E-state index in [1.54, 1.807) is 11.8 Å². The highest BCUT2D eigenvalue weighted by Crippen LogP contribution is 2.47. The second kappa shape index (κ2) is 13.0. The summed E-state index contributed by atoms with van der Waals surface area (Å²) < 4.78 is 16.9. The lowest BCUT2D eigenvalue weighted by atomic mass is 9.69. The molecule has 0 saturated heterocycles. The van der Waals surface area contributed by atoms with E-state index in [0.29, 0.717) is 52.6 Å². The second-order valence-corrected chi connectivity index (χ2v) is 11.1. The smallest absolute Gasteiger partial charge is 0.336 e. The fourth-order valence-corrected chi connectivity index (χ4v) is 5.75. The van der Waals surface area contributed by atoms with E-state index in [2.05, 4.69) is 5.32 Å². The maximum absolute atomic E-state index is 14.0. The minimum absolute atomic E-state index is 0.256. The highest BCUT2D eigenvalue weighted by Gasteiger charge is 2.47. The highest BCUT2D eigenvalue weighted by molar-refractivity contribution is 7.99. The Morgan fingerprint density at radius 3 is 2.51 bits per heavy atom. The first-order valence-corrected chi connectivity index (χ1v) is 14.4. The molecule has 0 radical (unpaired) electrons. The Bertz CT molecular complexity index is 1280. The molecule has 0 fully saturated rings. The summed E-state index contributed by atoms with van der Waals surface area (Å²) in [5.74, 6) is -1.21. The van der Waals surface area contributed by atoms with Gasteiger partial charge in [-0.1, -0.05) is 62.4 Å². The van der Waals surface area contributed by atoms with Crippen LogP contribution in [0.4, 0.5) is 0 Å². The van der Waals surface area contributed by atoms with Gasteiger partial charge in [-0.25, -0.2) is 4.79 Å². The molecule has 1 aliphatic heterocycles. The zero-order valence-electron chi connectivity index (χ0n) is 22.8. The SMILES string of the molecule is CCSCCOC(=O)C1=C(C)NC2=C(C(=O)[C@@H](C(=O)OC)[C@@H](C)C2)[C@@H]1c1ccccc1OCc1ccccc1. The van der Waals surface area contributed by atoms with Gasteiger partial charge in [-0.15, -0.1) is 0 Å². The third kappa shape index (κ3) is 6.22. The molecule has 1 N–H and O–H groups in total. The van der Waals surface area contributed by atoms with E-state index in [1.165, 1.54) is 7.11 Å². The van der Waals surface area contributed by atoms with Crippen molar-refractivity contribution in [1.29, 1.82) is 0 Å². The molecule has 2 aromatic rings. The Kier molecular flexibility index (Phi) is 9.51. The van der Waals surface area contributed by atoms with Crippen molar-refractivity contribution in [2.45, 2.75) is 39.7 Å². The van der Waals surface area contributed by atoms with Gasteiger partial charge in [-0.2, -0.15) is 11.8 Å². The third-order valence-corrected chi connectivity index (χ3v) is 7.96. The molecular formula is C31H35NO6S. The quantitative estimate of drug-likeness (QED) is 0.247. The van der Waals surface area contributed by atoms with Crippen LogP contribution < -0.4 is 10.1 Å². The first-order chi connectivity index (χ1) is 18.9. The molecule has 4 rings (SSSR count). The second-order valence-electron chi connectivity index (χ2n) is 9.68. The highest BCUT2D eigenvalue weighted by atomic mass is 32.2. The van der Waals surface area contributed by atoms with Crippen molar-refractivity contribution in [1.82, 2.24) is 5.32 Å². The van der Waals surface area contributed by atoms with Gasteiger partial charge in [-0.05, 0) is 36.6 Å². The van der Waals surface area contributed by atoms with Gasteiger partial charge < -0.3 is 19.5 Å². The first kappa shape index (κ1) is 28.5. The summed E-state index contributed by atoms with van der Waals surface area (Å²) in [6.07, 6.45) is 0.469. The first-order valence-electron chi connectivity index (χ1n) is 13.2. The molecule has 206 valence electrons. The number of esters is 2. The largest absolute Gasteiger partial charge is 0.489 e. The van der Waals surface area contributed by atoms with Crippen LogP contribution in [-0.2, 0) is 30.5 Å². The Morgan fingerprint density at radius 2 is 1.79 bits per heavy atom. The van der Waals surface area contributed by atoms with E-state index in [9.17, 15) is 14.4 Å². The number of methoxy groups -OCH3 is 1. The van der Waals surface area contributed by atoms with Crippen LogP contribution in [0, 0.1) is 11.8 Å². The number of carbonyl (C=O) groups excluding carboxylic acids is 3. The van der Waals surface area contributed by atoms with Crippen LogP contribution >= 0.6 is 11.8 Å². The Balaban J connectivity index is 1.78. The molecule has 0 spiro atoms. The zero-order valence-corrected chi connectivity index (χ0v) is 23.6. The van der Waals surface area contributed by atoms with Crippen molar-refractivity contribution >= 4 is 29.5 Å². The summed E-state index contributed by atoms with van der Waals surface area (Å²) in [5.41, 5.74) is 3.73. The number of ketones is 1. The number of dihydropyridines is 1. The van der Waals surface area contributed by atoms with Gasteiger partial charge in [0.1, 0.15) is 24.9 Å². The van der Waals surface area contributed by atoms with Gasteiger partial charge in [-0.3, -0.25) is 9.59 Å². The van der Waals surface area contributed by atoms with E-state index in [0.717, 1.165) is 11.3 Å². The van der Waals surface area contributed by atoms with E-state index in [4.69, 9.17) is 14.2 Å². The van der Waals surface area contributed by atoms with Gasteiger partial charge in [0.2, 0.25) is 0 Å². The van der Waals surface area contributed by atoms with E-state index >= 15 is 0 Å². The molecule has 8 heteroatoms. The van der Waals surface area contributed by atoms with Gasteiger partial charge in [0.05, 0.1) is 18.6 Å². The molecule has 1 heterocycles. The lowest BCUT2D eigenvalue weighted by molar-refractivity contribution is -0.151. The van der Waals surface area contributed by atoms with Crippen LogP contribution in [0.1, 0.15) is 44.2 Å². The predicted molar refractivity (Wildman–Crippen MR) is 151 cm³/mol. The van der Waals surface area contributed by atoms with Crippen LogP contribution in [0.3, 0.4) is 0 Å². The predicted octanol–water partition coefficient (Wildman–Crippen LogP) is 5.17. The minimum Gasteiger partial charge on any atom is -0.489 e. The molecule has 0 unspecified atom stereocenters. The van der Waals surface area contributed by atoms with Crippen molar-refractivity contribution in [2.75, 3.05) is 25.2 Å². The molecule has 2 aliphatic rings. The average molecular weight is 550 g/mol. The van der Waals surface area contributed by atoms with Crippen molar-refractivity contribution < 1.29 is 28.6 Å². The molecule has 39 heavy (non-hydrogen) atoms. The number of thioether (sulfide) groups is 1. The van der Waals surface area contributed by atoms with Crippen LogP contribution in [0.2, 0.25) is 0 Å². The lowest BCUT2D eigenvalue weighted by Gasteiger charge is -2.38. The van der Waals surface area contributed by atoms with Crippen molar-refractivity contribution in [2.24, 2.45) is 11.8 Å². The minimum atomic E-state index is -0.952. The number of allylic oxidation sites excluding steroid dienone is 3. The number of Topliss-reactive ketones (excluding diaryl/α,β-unsaturated/α-hetero) is 1. The fourth-order valence-electron chi connectivity index (χ4n) is 5.26. The number of hydrogen-bond acceptors (Lipinski definition) is 8. The van der Waals surface area contributed by atoms with Crippen LogP contribution in [0.15, 0.2) is 77.1 Å². The number of ether oxygens (including phenoxy) is 3. The molecule has 0 amide bonds. The van der Waals surface area contributed by atoms with Gasteiger partial charge in [0.15, 0.2) is 5.78 Å². The monoisotopic (exact) mass is 549 g/mol. The Hall–Kier alpha value is -3.52. The maximum atomic E-state index is 14.0. The molecule has 7 nitrogen and oxygen atoms in total. The molecule has 0 bridgehead atoms. The van der Waals surface area contributed by atoms with E-state index < -0.39 is 23.8 Å². The molecule has 3 atom stereocenters. The number of benzene rings is 2. The Morgan fingerprint density at radius 1 is 1.08 bits per heavy atom.